The Bertz CT molecular complexity index is 491. The second-order valence-corrected chi connectivity index (χ2v) is 6.57. The van der Waals surface area contributed by atoms with Crippen LogP contribution in [0.25, 0.3) is 0 Å². The van der Waals surface area contributed by atoms with Crippen molar-refractivity contribution in [3.05, 3.63) is 28.8 Å². The first-order chi connectivity index (χ1) is 9.99. The first-order valence-electron chi connectivity index (χ1n) is 7.02. The zero-order chi connectivity index (χ0) is 15.9. The molecule has 0 fully saturated rings. The number of oxime groups is 1. The van der Waals surface area contributed by atoms with Gasteiger partial charge < -0.3 is 14.4 Å². The van der Waals surface area contributed by atoms with E-state index in [-0.39, 0.29) is 0 Å². The zero-order valence-corrected chi connectivity index (χ0v) is 14.7. The number of rotatable bonds is 7. The summed E-state index contributed by atoms with van der Waals surface area (Å²) >= 11 is 7.65. The Labute approximate surface area is 136 Å². The standard InChI is InChI=1S/C15H23ClN2O2S/c1-5-18(3,6-2)9-10-21-15(17-19)12-7-8-14(20-4)13(16)11-12/h7-8,11H,5-6,9-10H2,1-4H3/p+1/b17-15+. The van der Waals surface area contributed by atoms with E-state index in [2.05, 4.69) is 26.1 Å². The smallest absolute Gasteiger partial charge is 0.143 e. The normalized spacial score (nSPS) is 12.5. The minimum Gasteiger partial charge on any atom is -0.495 e. The zero-order valence-electron chi connectivity index (χ0n) is 13.1. The molecule has 6 heteroatoms. The largest absolute Gasteiger partial charge is 0.495 e. The summed E-state index contributed by atoms with van der Waals surface area (Å²) < 4.78 is 6.13. The molecule has 0 saturated carbocycles. The third kappa shape index (κ3) is 5.09. The van der Waals surface area contributed by atoms with Gasteiger partial charge in [0, 0.05) is 11.3 Å². The van der Waals surface area contributed by atoms with Crippen LogP contribution in [0.15, 0.2) is 23.4 Å². The molecule has 0 aliphatic heterocycles. The quantitative estimate of drug-likeness (QED) is 0.272. The fourth-order valence-corrected chi connectivity index (χ4v) is 3.21. The van der Waals surface area contributed by atoms with Crippen LogP contribution in [0.5, 0.6) is 5.75 Å². The number of benzene rings is 1. The molecule has 0 aromatic heterocycles. The summed E-state index contributed by atoms with van der Waals surface area (Å²) in [5, 5.41) is 13.7. The molecule has 0 heterocycles. The van der Waals surface area contributed by atoms with Crippen LogP contribution >= 0.6 is 23.4 Å². The van der Waals surface area contributed by atoms with Gasteiger partial charge in [-0.15, -0.1) is 0 Å². The van der Waals surface area contributed by atoms with Crippen LogP contribution in [0.3, 0.4) is 0 Å². The third-order valence-electron chi connectivity index (χ3n) is 3.89. The SMILES string of the molecule is CC[N+](C)(CC)CCS/C(=N/O)c1ccc(OC)c(Cl)c1. The average molecular weight is 332 g/mol. The van der Waals surface area contributed by atoms with Crippen LogP contribution in [0.1, 0.15) is 19.4 Å². The molecule has 0 unspecified atom stereocenters. The summed E-state index contributed by atoms with van der Waals surface area (Å²) in [5.74, 6) is 1.50. The first-order valence-corrected chi connectivity index (χ1v) is 8.38. The monoisotopic (exact) mass is 331 g/mol. The number of ether oxygens (including phenoxy) is 1. The molecular weight excluding hydrogens is 308 g/mol. The maximum absolute atomic E-state index is 9.23. The Kier molecular flexibility index (Phi) is 7.35. The lowest BCUT2D eigenvalue weighted by molar-refractivity contribution is -0.903. The summed E-state index contributed by atoms with van der Waals surface area (Å²) in [6, 6.07) is 5.39. The highest BCUT2D eigenvalue weighted by Crippen LogP contribution is 2.27. The maximum Gasteiger partial charge on any atom is 0.143 e. The van der Waals surface area contributed by atoms with E-state index < -0.39 is 0 Å². The fraction of sp³-hybridized carbons (Fsp3) is 0.533. The fourth-order valence-electron chi connectivity index (χ4n) is 1.87. The summed E-state index contributed by atoms with van der Waals surface area (Å²) in [4.78, 5) is 0. The Hall–Kier alpha value is -0.910. The lowest BCUT2D eigenvalue weighted by atomic mass is 10.2. The molecule has 0 saturated heterocycles. The second-order valence-electron chi connectivity index (χ2n) is 5.08. The van der Waals surface area contributed by atoms with Gasteiger partial charge in [0.1, 0.15) is 10.8 Å². The number of methoxy groups -OCH3 is 1. The van der Waals surface area contributed by atoms with E-state index in [0.717, 1.165) is 35.4 Å². The summed E-state index contributed by atoms with van der Waals surface area (Å²) in [7, 11) is 3.81. The van der Waals surface area contributed by atoms with Crippen molar-refractivity contribution in [3.8, 4) is 5.75 Å². The number of halogens is 1. The van der Waals surface area contributed by atoms with E-state index in [0.29, 0.717) is 15.8 Å². The van der Waals surface area contributed by atoms with Gasteiger partial charge >= 0.3 is 0 Å². The highest BCUT2D eigenvalue weighted by molar-refractivity contribution is 8.14. The van der Waals surface area contributed by atoms with Crippen molar-refractivity contribution in [2.24, 2.45) is 5.16 Å². The second kappa shape index (κ2) is 8.51. The molecule has 1 rings (SSSR count). The first kappa shape index (κ1) is 18.1. The van der Waals surface area contributed by atoms with Crippen molar-refractivity contribution >= 4 is 28.4 Å². The van der Waals surface area contributed by atoms with Gasteiger partial charge in [-0.05, 0) is 32.0 Å². The van der Waals surface area contributed by atoms with Crippen molar-refractivity contribution in [3.63, 3.8) is 0 Å². The number of nitrogens with zero attached hydrogens (tertiary/aromatic N) is 2. The van der Waals surface area contributed by atoms with E-state index in [1.807, 2.05) is 6.07 Å². The Morgan fingerprint density at radius 3 is 2.52 bits per heavy atom. The molecular formula is C15H24ClN2O2S+. The highest BCUT2D eigenvalue weighted by atomic mass is 35.5. The van der Waals surface area contributed by atoms with Crippen LogP contribution in [0, 0.1) is 0 Å². The molecule has 21 heavy (non-hydrogen) atoms. The summed E-state index contributed by atoms with van der Waals surface area (Å²) in [6.07, 6.45) is 0. The molecule has 0 radical (unpaired) electrons. The molecule has 0 amide bonds. The Morgan fingerprint density at radius 2 is 2.05 bits per heavy atom. The van der Waals surface area contributed by atoms with E-state index >= 15 is 0 Å². The summed E-state index contributed by atoms with van der Waals surface area (Å²) in [5.41, 5.74) is 0.801. The van der Waals surface area contributed by atoms with Crippen molar-refractivity contribution < 1.29 is 14.4 Å². The van der Waals surface area contributed by atoms with Gasteiger partial charge in [-0.1, -0.05) is 28.5 Å². The van der Waals surface area contributed by atoms with Crippen molar-refractivity contribution in [1.82, 2.24) is 0 Å². The van der Waals surface area contributed by atoms with Crippen LogP contribution in [-0.4, -0.2) is 54.3 Å². The van der Waals surface area contributed by atoms with Crippen LogP contribution in [-0.2, 0) is 0 Å². The van der Waals surface area contributed by atoms with E-state index in [1.165, 1.54) is 11.8 Å². The lowest BCUT2D eigenvalue weighted by Gasteiger charge is -2.31. The molecule has 1 N–H and O–H groups in total. The van der Waals surface area contributed by atoms with Crippen molar-refractivity contribution in [2.45, 2.75) is 13.8 Å². The van der Waals surface area contributed by atoms with E-state index in [4.69, 9.17) is 16.3 Å². The van der Waals surface area contributed by atoms with Crippen LogP contribution in [0.4, 0.5) is 0 Å². The molecule has 0 aliphatic carbocycles. The predicted octanol–water partition coefficient (Wildman–Crippen LogP) is 3.70. The molecule has 118 valence electrons. The van der Waals surface area contributed by atoms with Gasteiger partial charge in [0.2, 0.25) is 0 Å². The molecule has 0 aliphatic rings. The van der Waals surface area contributed by atoms with Gasteiger partial charge in [-0.3, -0.25) is 0 Å². The maximum atomic E-state index is 9.23. The van der Waals surface area contributed by atoms with Crippen LogP contribution in [0.2, 0.25) is 5.02 Å². The third-order valence-corrected chi connectivity index (χ3v) is 5.16. The highest BCUT2D eigenvalue weighted by Gasteiger charge is 2.17. The summed E-state index contributed by atoms with van der Waals surface area (Å²) in [6.45, 7) is 7.60. The molecule has 0 spiro atoms. The number of quaternary nitrogens is 1. The average Bonchev–Trinajstić information content (AvgIpc) is 2.51. The minimum absolute atomic E-state index is 0.513. The van der Waals surface area contributed by atoms with Crippen molar-refractivity contribution in [1.29, 1.82) is 0 Å². The van der Waals surface area contributed by atoms with E-state index in [9.17, 15) is 5.21 Å². The molecule has 1 aromatic rings. The molecule has 4 nitrogen and oxygen atoms in total. The number of thioether (sulfide) groups is 1. The van der Waals surface area contributed by atoms with Gasteiger partial charge in [0.25, 0.3) is 0 Å². The Balaban J connectivity index is 2.70. The van der Waals surface area contributed by atoms with Gasteiger partial charge in [-0.25, -0.2) is 0 Å². The van der Waals surface area contributed by atoms with E-state index in [1.54, 1.807) is 19.2 Å². The van der Waals surface area contributed by atoms with Gasteiger partial charge in [-0.2, -0.15) is 0 Å². The molecule has 0 atom stereocenters. The number of hydrogen-bond acceptors (Lipinski definition) is 4. The van der Waals surface area contributed by atoms with Crippen molar-refractivity contribution in [2.75, 3.05) is 39.5 Å². The van der Waals surface area contributed by atoms with Gasteiger partial charge in [0.05, 0.1) is 38.8 Å². The number of hydrogen-bond donors (Lipinski definition) is 1. The van der Waals surface area contributed by atoms with Gasteiger partial charge in [0.15, 0.2) is 0 Å². The Morgan fingerprint density at radius 1 is 1.38 bits per heavy atom. The van der Waals surface area contributed by atoms with Crippen LogP contribution < -0.4 is 4.74 Å². The molecule has 1 aromatic carbocycles. The predicted molar refractivity (Wildman–Crippen MR) is 90.9 cm³/mol. The molecule has 0 bridgehead atoms. The lowest BCUT2D eigenvalue weighted by Crippen LogP contribution is -2.45. The topological polar surface area (TPSA) is 41.8 Å². The minimum atomic E-state index is 0.513.